The Balaban J connectivity index is 0. The van der Waals surface area contributed by atoms with E-state index in [9.17, 15) is 0 Å². The summed E-state index contributed by atoms with van der Waals surface area (Å²) in [5.41, 5.74) is 0. The monoisotopic (exact) mass is 178 g/mol. The van der Waals surface area contributed by atoms with Crippen LogP contribution in [-0.2, 0) is 4.74 Å². The van der Waals surface area contributed by atoms with Crippen molar-refractivity contribution in [1.82, 2.24) is 0 Å². The van der Waals surface area contributed by atoms with E-state index in [0.29, 0.717) is 0 Å². The first-order chi connectivity index (χ1) is 2.41. The quantitative estimate of drug-likeness (QED) is 0.575. The third-order valence-electron chi connectivity index (χ3n) is 0.281. The Hall–Kier alpha value is 1.70. The van der Waals surface area contributed by atoms with E-state index in [1.807, 2.05) is 0 Å². The summed E-state index contributed by atoms with van der Waals surface area (Å²) in [5.74, 6) is 0. The fourth-order valence-electron chi connectivity index (χ4n) is 0.0772. The molecule has 0 aliphatic heterocycles. The zero-order valence-electron chi connectivity index (χ0n) is 3.55. The van der Waals surface area contributed by atoms with E-state index in [2.05, 4.69) is 20.7 Å². The number of ether oxygens (including phenoxy) is 1. The number of hydrogen-bond acceptors (Lipinski definition) is 1. The predicted octanol–water partition coefficient (Wildman–Crippen LogP) is 1.03. The average molecular weight is 179 g/mol. The minimum Gasteiger partial charge on any atom is -0.384 e. The van der Waals surface area contributed by atoms with Crippen molar-refractivity contribution in [2.45, 2.75) is 0 Å². The van der Waals surface area contributed by atoms with Gasteiger partial charge in [0.25, 0.3) is 0 Å². The van der Waals surface area contributed by atoms with Crippen LogP contribution in [0.25, 0.3) is 0 Å². The van der Waals surface area contributed by atoms with Gasteiger partial charge in [-0.1, -0.05) is 15.9 Å². The van der Waals surface area contributed by atoms with Crippen molar-refractivity contribution in [1.29, 1.82) is 0 Å². The van der Waals surface area contributed by atoms with Crippen molar-refractivity contribution in [2.75, 3.05) is 19.0 Å². The van der Waals surface area contributed by atoms with Crippen LogP contribution in [0, 0.1) is 37.7 Å². The van der Waals surface area contributed by atoms with Gasteiger partial charge in [-0.05, 0) is 0 Å². The molecular weight excluding hydrogens is 172 g/mol. The number of rotatable bonds is 2. The molecule has 0 bridgehead atoms. The molecular formula is C3H7ArBrO. The van der Waals surface area contributed by atoms with E-state index in [4.69, 9.17) is 0 Å². The average Bonchev–Trinajstić information content (AvgIpc) is 1.41. The third-order valence-corrected chi connectivity index (χ3v) is 0.605. The number of methoxy groups -OCH3 is 1. The summed E-state index contributed by atoms with van der Waals surface area (Å²) in [4.78, 5) is 0. The molecule has 6 heavy (non-hydrogen) atoms. The molecule has 1 nitrogen and oxygen atoms in total. The van der Waals surface area contributed by atoms with Gasteiger partial charge in [-0.15, -0.1) is 0 Å². The maximum absolute atomic E-state index is 4.64. The number of hydrogen-bond donors (Lipinski definition) is 0. The first-order valence-electron chi connectivity index (χ1n) is 1.46. The topological polar surface area (TPSA) is 9.23 Å². The smallest absolute Gasteiger partial charge is 0.0559 e. The van der Waals surface area contributed by atoms with Gasteiger partial charge in [0.05, 0.1) is 6.61 Å². The van der Waals surface area contributed by atoms with Crippen LogP contribution in [0.3, 0.4) is 0 Å². The number of alkyl halides is 1. The van der Waals surface area contributed by atoms with Gasteiger partial charge in [0.15, 0.2) is 0 Å². The van der Waals surface area contributed by atoms with Crippen LogP contribution in [0.2, 0.25) is 0 Å². The second kappa shape index (κ2) is 9.85. The SMILES string of the molecule is COCCBr.[Ar]. The number of halogens is 1. The van der Waals surface area contributed by atoms with Gasteiger partial charge in [-0.25, -0.2) is 0 Å². The maximum Gasteiger partial charge on any atom is 0.0559 e. The molecule has 0 heterocycles. The molecule has 0 amide bonds. The van der Waals surface area contributed by atoms with Gasteiger partial charge in [0.1, 0.15) is 0 Å². The molecule has 0 aliphatic carbocycles. The van der Waals surface area contributed by atoms with Crippen molar-refractivity contribution < 1.29 is 42.5 Å². The van der Waals surface area contributed by atoms with Gasteiger partial charge in [-0.2, -0.15) is 0 Å². The van der Waals surface area contributed by atoms with Crippen molar-refractivity contribution in [3.63, 3.8) is 0 Å². The fourth-order valence-corrected chi connectivity index (χ4v) is 0.401. The normalized spacial score (nSPS) is 7.00. The molecule has 0 N–H and O–H groups in total. The van der Waals surface area contributed by atoms with Crippen LogP contribution >= 0.6 is 15.9 Å². The van der Waals surface area contributed by atoms with Crippen LogP contribution in [0.5, 0.6) is 0 Å². The molecule has 0 saturated heterocycles. The summed E-state index contributed by atoms with van der Waals surface area (Å²) in [6, 6.07) is 0. The summed E-state index contributed by atoms with van der Waals surface area (Å²) in [6.07, 6.45) is 0. The zero-order chi connectivity index (χ0) is 4.12. The first-order valence-corrected chi connectivity index (χ1v) is 2.59. The molecule has 0 rings (SSSR count). The predicted molar refractivity (Wildman–Crippen MR) is 25.7 cm³/mol. The molecule has 3 heteroatoms. The van der Waals surface area contributed by atoms with Crippen molar-refractivity contribution >= 4 is 15.9 Å². The van der Waals surface area contributed by atoms with Crippen molar-refractivity contribution in [3.05, 3.63) is 0 Å². The summed E-state index contributed by atoms with van der Waals surface area (Å²) >= 11 is 3.18. The van der Waals surface area contributed by atoms with Crippen LogP contribution < -0.4 is 0 Å². The van der Waals surface area contributed by atoms with Crippen LogP contribution in [0.4, 0.5) is 0 Å². The molecule has 40 valence electrons. The molecule has 0 unspecified atom stereocenters. The summed E-state index contributed by atoms with van der Waals surface area (Å²) in [6.45, 7) is 0.806. The van der Waals surface area contributed by atoms with Crippen LogP contribution in [0.15, 0.2) is 0 Å². The van der Waals surface area contributed by atoms with E-state index >= 15 is 0 Å². The molecule has 0 aromatic heterocycles. The third kappa shape index (κ3) is 9.20. The Morgan fingerprint density at radius 3 is 2.17 bits per heavy atom. The molecule has 0 saturated carbocycles. The molecule has 0 radical (unpaired) electrons. The molecule has 0 atom stereocenters. The van der Waals surface area contributed by atoms with E-state index in [-0.39, 0.29) is 37.7 Å². The van der Waals surface area contributed by atoms with Gasteiger partial charge >= 0.3 is 0 Å². The molecule has 0 aromatic rings. The Kier molecular flexibility index (Phi) is 17.5. The fraction of sp³-hybridized carbons (Fsp3) is 1.00. The minimum absolute atomic E-state index is 0. The summed E-state index contributed by atoms with van der Waals surface area (Å²) in [5, 5.41) is 0.934. The summed E-state index contributed by atoms with van der Waals surface area (Å²) < 4.78 is 4.64. The van der Waals surface area contributed by atoms with Crippen molar-refractivity contribution in [3.8, 4) is 0 Å². The maximum atomic E-state index is 4.64. The molecule has 0 spiro atoms. The largest absolute Gasteiger partial charge is 0.384 e. The van der Waals surface area contributed by atoms with Gasteiger partial charge < -0.3 is 4.74 Å². The minimum atomic E-state index is 0. The van der Waals surface area contributed by atoms with E-state index in [0.717, 1.165) is 11.9 Å². The van der Waals surface area contributed by atoms with Gasteiger partial charge in [0, 0.05) is 50.2 Å². The Bertz CT molecular complexity index is 18.3. The first kappa shape index (κ1) is 10.6. The second-order valence-electron chi connectivity index (χ2n) is 0.682. The van der Waals surface area contributed by atoms with Gasteiger partial charge in [-0.3, -0.25) is 0 Å². The van der Waals surface area contributed by atoms with Crippen LogP contribution in [-0.4, -0.2) is 19.0 Å². The van der Waals surface area contributed by atoms with E-state index < -0.39 is 0 Å². The molecule has 0 aliphatic rings. The molecule has 0 fully saturated rings. The molecule has 0 aromatic carbocycles. The Morgan fingerprint density at radius 1 is 1.67 bits per heavy atom. The van der Waals surface area contributed by atoms with Crippen molar-refractivity contribution in [2.24, 2.45) is 0 Å². The van der Waals surface area contributed by atoms with E-state index in [1.54, 1.807) is 7.11 Å². The van der Waals surface area contributed by atoms with E-state index in [1.165, 1.54) is 0 Å². The van der Waals surface area contributed by atoms with Crippen LogP contribution in [0.1, 0.15) is 0 Å². The second-order valence-corrected chi connectivity index (χ2v) is 1.47. The zero-order valence-corrected chi connectivity index (χ0v) is 5.85. The standard InChI is InChI=1S/C3H7BrO.Ar/c1-5-3-2-4;/h2-3H2,1H3;. The summed E-state index contributed by atoms with van der Waals surface area (Å²) in [7, 11) is 1.68. The van der Waals surface area contributed by atoms with Gasteiger partial charge in [0.2, 0.25) is 0 Å². The Labute approximate surface area is 76.6 Å². The Morgan fingerprint density at radius 2 is 2.17 bits per heavy atom.